The average Bonchev–Trinajstić information content (AvgIpc) is 3.46. The van der Waals surface area contributed by atoms with E-state index in [9.17, 15) is 9.18 Å². The summed E-state index contributed by atoms with van der Waals surface area (Å²) < 4.78 is 17.6. The topological polar surface area (TPSA) is 77.6 Å². The van der Waals surface area contributed by atoms with Crippen molar-refractivity contribution >= 4 is 11.7 Å². The molecule has 1 N–H and O–H groups in total. The first-order chi connectivity index (χ1) is 14.7. The zero-order valence-corrected chi connectivity index (χ0v) is 16.1. The molecule has 0 atom stereocenters. The van der Waals surface area contributed by atoms with Gasteiger partial charge in [0, 0.05) is 29.7 Å². The fourth-order valence-electron chi connectivity index (χ4n) is 3.79. The summed E-state index contributed by atoms with van der Waals surface area (Å²) in [5, 5.41) is 11.7. The first-order valence-corrected chi connectivity index (χ1v) is 9.79. The Morgan fingerprint density at radius 1 is 1.07 bits per heavy atom. The minimum Gasteiger partial charge on any atom is -0.304 e. The van der Waals surface area contributed by atoms with Gasteiger partial charge in [-0.15, -0.1) is 0 Å². The summed E-state index contributed by atoms with van der Waals surface area (Å²) in [6.07, 6.45) is 5.95. The van der Waals surface area contributed by atoms with Crippen LogP contribution in [0.1, 0.15) is 33.9 Å². The number of anilines is 1. The van der Waals surface area contributed by atoms with E-state index in [1.54, 1.807) is 46.0 Å². The first kappa shape index (κ1) is 18.2. The molecule has 0 saturated heterocycles. The molecule has 0 unspecified atom stereocenters. The number of carbonyl (C=O) groups is 1. The van der Waals surface area contributed by atoms with E-state index in [0.717, 1.165) is 36.2 Å². The summed E-state index contributed by atoms with van der Waals surface area (Å²) in [5.41, 5.74) is 3.33. The molecule has 4 aromatic rings. The number of amides is 1. The van der Waals surface area contributed by atoms with Crippen molar-refractivity contribution in [3.8, 4) is 5.69 Å². The number of pyridine rings is 1. The zero-order chi connectivity index (χ0) is 20.5. The fraction of sp³-hybridized carbons (Fsp3) is 0.182. The van der Waals surface area contributed by atoms with Gasteiger partial charge in [0.25, 0.3) is 5.91 Å². The predicted octanol–water partition coefficient (Wildman–Crippen LogP) is 3.39. The van der Waals surface area contributed by atoms with E-state index in [4.69, 9.17) is 0 Å². The van der Waals surface area contributed by atoms with Crippen LogP contribution in [0, 0.1) is 5.82 Å². The second-order valence-corrected chi connectivity index (χ2v) is 7.16. The number of hydrogen-bond acceptors (Lipinski definition) is 4. The summed E-state index contributed by atoms with van der Waals surface area (Å²) in [4.78, 5) is 17.2. The second kappa shape index (κ2) is 7.55. The Kier molecular flexibility index (Phi) is 4.59. The maximum Gasteiger partial charge on any atom is 0.277 e. The van der Waals surface area contributed by atoms with Crippen LogP contribution < -0.4 is 5.32 Å². The molecule has 0 saturated carbocycles. The zero-order valence-electron chi connectivity index (χ0n) is 16.1. The van der Waals surface area contributed by atoms with Gasteiger partial charge in [0.05, 0.1) is 12.2 Å². The number of fused-ring (bicyclic) bond motifs is 1. The Bertz CT molecular complexity index is 1210. The summed E-state index contributed by atoms with van der Waals surface area (Å²) in [5.74, 6) is -0.274. The van der Waals surface area contributed by atoms with E-state index >= 15 is 0 Å². The van der Waals surface area contributed by atoms with E-state index in [1.807, 2.05) is 18.2 Å². The molecule has 30 heavy (non-hydrogen) atoms. The molecule has 1 aliphatic rings. The van der Waals surface area contributed by atoms with Crippen LogP contribution >= 0.6 is 0 Å². The molecular weight excluding hydrogens is 383 g/mol. The molecule has 1 aliphatic carbocycles. The first-order valence-electron chi connectivity index (χ1n) is 9.79. The van der Waals surface area contributed by atoms with E-state index in [2.05, 4.69) is 20.5 Å². The van der Waals surface area contributed by atoms with Gasteiger partial charge in [0.1, 0.15) is 11.5 Å². The molecule has 3 aromatic heterocycles. The van der Waals surface area contributed by atoms with Crippen molar-refractivity contribution in [2.75, 3.05) is 5.32 Å². The lowest BCUT2D eigenvalue weighted by molar-refractivity contribution is 0.102. The van der Waals surface area contributed by atoms with Gasteiger partial charge in [0.2, 0.25) is 0 Å². The normalized spacial score (nSPS) is 12.7. The van der Waals surface area contributed by atoms with Gasteiger partial charge in [-0.25, -0.2) is 9.07 Å². The molecule has 0 fully saturated rings. The average molecular weight is 402 g/mol. The van der Waals surface area contributed by atoms with Gasteiger partial charge >= 0.3 is 0 Å². The highest BCUT2D eigenvalue weighted by atomic mass is 19.1. The van der Waals surface area contributed by atoms with Crippen LogP contribution in [0.25, 0.3) is 5.69 Å². The molecule has 3 heterocycles. The number of benzene rings is 1. The van der Waals surface area contributed by atoms with Crippen molar-refractivity contribution in [3.05, 3.63) is 89.4 Å². The fourth-order valence-corrected chi connectivity index (χ4v) is 3.79. The van der Waals surface area contributed by atoms with Gasteiger partial charge in [-0.05, 0) is 43.5 Å². The number of rotatable bonds is 5. The van der Waals surface area contributed by atoms with Crippen LogP contribution in [0.2, 0.25) is 0 Å². The molecule has 150 valence electrons. The minimum atomic E-state index is -0.366. The van der Waals surface area contributed by atoms with Crippen molar-refractivity contribution in [1.29, 1.82) is 0 Å². The van der Waals surface area contributed by atoms with Gasteiger partial charge in [0.15, 0.2) is 11.5 Å². The molecule has 0 aliphatic heterocycles. The summed E-state index contributed by atoms with van der Waals surface area (Å²) in [7, 11) is 0. The second-order valence-electron chi connectivity index (χ2n) is 7.16. The monoisotopic (exact) mass is 402 g/mol. The largest absolute Gasteiger partial charge is 0.304 e. The number of nitrogens with zero attached hydrogens (tertiary/aromatic N) is 5. The summed E-state index contributed by atoms with van der Waals surface area (Å²) in [6, 6.07) is 13.9. The van der Waals surface area contributed by atoms with Gasteiger partial charge in [-0.2, -0.15) is 10.2 Å². The molecule has 5 rings (SSSR count). The van der Waals surface area contributed by atoms with Crippen molar-refractivity contribution in [3.63, 3.8) is 0 Å². The van der Waals surface area contributed by atoms with Crippen LogP contribution in [-0.2, 0) is 19.4 Å². The predicted molar refractivity (Wildman–Crippen MR) is 109 cm³/mol. The Morgan fingerprint density at radius 3 is 2.77 bits per heavy atom. The molecular formula is C22H19FN6O. The van der Waals surface area contributed by atoms with Crippen LogP contribution in [0.4, 0.5) is 10.2 Å². The molecule has 7 nitrogen and oxygen atoms in total. The Morgan fingerprint density at radius 2 is 1.93 bits per heavy atom. The minimum absolute atomic E-state index is 0.324. The van der Waals surface area contributed by atoms with E-state index in [-0.39, 0.29) is 11.7 Å². The Hall–Kier alpha value is -3.81. The highest BCUT2D eigenvalue weighted by molar-refractivity contribution is 6.03. The maximum atomic E-state index is 14.3. The quantitative estimate of drug-likeness (QED) is 0.555. The number of aromatic nitrogens is 5. The van der Waals surface area contributed by atoms with E-state index in [1.165, 1.54) is 6.07 Å². The number of nitrogens with one attached hydrogen (secondary N) is 1. The standard InChI is InChI=1S/C22H19FN6O/c23-17-8-1-2-9-19(17)29-18-10-5-7-16(18)21(27-29)22(30)25-20-11-13-28(26-20)14-15-6-3-4-12-24-15/h1-4,6,8-9,11-13H,5,7,10,14H2,(H,25,26,30). The third-order valence-corrected chi connectivity index (χ3v) is 5.16. The van der Waals surface area contributed by atoms with Crippen molar-refractivity contribution in [2.24, 2.45) is 0 Å². The lowest BCUT2D eigenvalue weighted by atomic mass is 10.2. The van der Waals surface area contributed by atoms with E-state index in [0.29, 0.717) is 23.7 Å². The number of carbonyl (C=O) groups excluding carboxylic acids is 1. The summed E-state index contributed by atoms with van der Waals surface area (Å²) in [6.45, 7) is 0.508. The molecule has 0 radical (unpaired) electrons. The Balaban J connectivity index is 1.39. The van der Waals surface area contributed by atoms with Gasteiger partial charge in [-0.3, -0.25) is 14.5 Å². The number of para-hydroxylation sites is 1. The molecule has 1 aromatic carbocycles. The molecule has 0 bridgehead atoms. The maximum absolute atomic E-state index is 14.3. The molecule has 8 heteroatoms. The third kappa shape index (κ3) is 3.36. The van der Waals surface area contributed by atoms with Crippen LogP contribution in [-0.4, -0.2) is 30.5 Å². The number of hydrogen-bond donors (Lipinski definition) is 1. The smallest absolute Gasteiger partial charge is 0.277 e. The highest BCUT2D eigenvalue weighted by Gasteiger charge is 2.28. The van der Waals surface area contributed by atoms with Crippen LogP contribution in [0.5, 0.6) is 0 Å². The summed E-state index contributed by atoms with van der Waals surface area (Å²) >= 11 is 0. The van der Waals surface area contributed by atoms with Crippen molar-refractivity contribution in [2.45, 2.75) is 25.8 Å². The SMILES string of the molecule is O=C(Nc1ccn(Cc2ccccn2)n1)c1nn(-c2ccccc2F)c2c1CCC2. The van der Waals surface area contributed by atoms with Crippen molar-refractivity contribution in [1.82, 2.24) is 24.5 Å². The lowest BCUT2D eigenvalue weighted by Crippen LogP contribution is -2.16. The van der Waals surface area contributed by atoms with Crippen LogP contribution in [0.15, 0.2) is 60.9 Å². The number of halogens is 1. The van der Waals surface area contributed by atoms with Gasteiger partial charge in [-0.1, -0.05) is 18.2 Å². The Labute approximate surface area is 172 Å². The molecule has 1 amide bonds. The highest BCUT2D eigenvalue weighted by Crippen LogP contribution is 2.29. The molecule has 0 spiro atoms. The van der Waals surface area contributed by atoms with Crippen LogP contribution in [0.3, 0.4) is 0 Å². The van der Waals surface area contributed by atoms with Gasteiger partial charge < -0.3 is 5.32 Å². The lowest BCUT2D eigenvalue weighted by Gasteiger charge is -2.06. The third-order valence-electron chi connectivity index (χ3n) is 5.16. The van der Waals surface area contributed by atoms with Crippen molar-refractivity contribution < 1.29 is 9.18 Å². The van der Waals surface area contributed by atoms with E-state index < -0.39 is 0 Å².